The van der Waals surface area contributed by atoms with E-state index in [1.54, 1.807) is 20.8 Å². The maximum absolute atomic E-state index is 12.7. The number of alkyl carbamates (subject to hydrolysis) is 1. The maximum Gasteiger partial charge on any atom is 0.416 e. The Morgan fingerprint density at radius 1 is 1.31 bits per heavy atom. The number of benzene rings is 1. The summed E-state index contributed by atoms with van der Waals surface area (Å²) in [7, 11) is 0. The summed E-state index contributed by atoms with van der Waals surface area (Å²) in [6.07, 6.45) is -4.09. The van der Waals surface area contributed by atoms with Crippen molar-refractivity contribution < 1.29 is 22.7 Å². The van der Waals surface area contributed by atoms with Gasteiger partial charge in [-0.3, -0.25) is 4.90 Å². The summed E-state index contributed by atoms with van der Waals surface area (Å²) in [5.74, 6) is 0. The van der Waals surface area contributed by atoms with Gasteiger partial charge >= 0.3 is 12.3 Å². The van der Waals surface area contributed by atoms with Crippen LogP contribution in [-0.4, -0.2) is 42.3 Å². The lowest BCUT2D eigenvalue weighted by Crippen LogP contribution is -2.41. The fourth-order valence-electron chi connectivity index (χ4n) is 3.05. The first-order valence-corrected chi connectivity index (χ1v) is 8.60. The van der Waals surface area contributed by atoms with Crippen molar-refractivity contribution in [1.82, 2.24) is 10.2 Å². The van der Waals surface area contributed by atoms with Crippen LogP contribution in [0.3, 0.4) is 0 Å². The molecule has 1 saturated heterocycles. The monoisotopic (exact) mass is 373 g/mol. The molecule has 0 aromatic heterocycles. The standard InChI is InChI=1S/C18H26F3N3O2/c1-17(2,3)26-16(25)23-14-8-9-24(11-14)15(10-22)12-4-6-13(7-5-12)18(19,20)21/h4-7,14-15H,8-11,22H2,1-3H3,(H,23,25)/t14-,15+/m1/s1. The van der Waals surface area contributed by atoms with Crippen molar-refractivity contribution in [3.05, 3.63) is 35.4 Å². The molecule has 0 aliphatic carbocycles. The highest BCUT2D eigenvalue weighted by Crippen LogP contribution is 2.31. The van der Waals surface area contributed by atoms with Gasteiger partial charge in [0.05, 0.1) is 5.56 Å². The number of amides is 1. The Morgan fingerprint density at radius 3 is 2.42 bits per heavy atom. The minimum absolute atomic E-state index is 0.0756. The van der Waals surface area contributed by atoms with E-state index in [1.165, 1.54) is 12.1 Å². The number of nitrogens with two attached hydrogens (primary N) is 1. The Hall–Kier alpha value is -1.80. The van der Waals surface area contributed by atoms with E-state index in [1.807, 2.05) is 0 Å². The van der Waals surface area contributed by atoms with Gasteiger partial charge in [-0.15, -0.1) is 0 Å². The van der Waals surface area contributed by atoms with E-state index in [-0.39, 0.29) is 18.6 Å². The normalized spacial score (nSPS) is 20.0. The van der Waals surface area contributed by atoms with Gasteiger partial charge in [-0.1, -0.05) is 12.1 Å². The van der Waals surface area contributed by atoms with E-state index in [0.717, 1.165) is 24.1 Å². The Kier molecular flexibility index (Phi) is 6.18. The fraction of sp³-hybridized carbons (Fsp3) is 0.611. The number of alkyl halides is 3. The molecule has 5 nitrogen and oxygen atoms in total. The first-order valence-electron chi connectivity index (χ1n) is 8.60. The molecule has 1 aliphatic rings. The number of nitrogens with one attached hydrogen (secondary N) is 1. The molecule has 146 valence electrons. The number of halogens is 3. The molecule has 1 amide bonds. The van der Waals surface area contributed by atoms with Crippen LogP contribution in [0.2, 0.25) is 0 Å². The van der Waals surface area contributed by atoms with Crippen LogP contribution < -0.4 is 11.1 Å². The first-order chi connectivity index (χ1) is 12.0. The molecule has 0 saturated carbocycles. The zero-order chi connectivity index (χ0) is 19.5. The molecular formula is C18H26F3N3O2. The van der Waals surface area contributed by atoms with E-state index in [9.17, 15) is 18.0 Å². The first kappa shape index (κ1) is 20.5. The van der Waals surface area contributed by atoms with Gasteiger partial charge in [0.15, 0.2) is 0 Å². The average molecular weight is 373 g/mol. The van der Waals surface area contributed by atoms with Gasteiger partial charge in [-0.05, 0) is 44.9 Å². The highest BCUT2D eigenvalue weighted by molar-refractivity contribution is 5.68. The SMILES string of the molecule is CC(C)(C)OC(=O)N[C@@H]1CCN([C@@H](CN)c2ccc(C(F)(F)F)cc2)C1. The number of ether oxygens (including phenoxy) is 1. The van der Waals surface area contributed by atoms with E-state index < -0.39 is 23.4 Å². The number of likely N-dealkylation sites (tertiary alicyclic amines) is 1. The second kappa shape index (κ2) is 7.84. The maximum atomic E-state index is 12.7. The lowest BCUT2D eigenvalue weighted by Gasteiger charge is -2.27. The number of rotatable bonds is 4. The lowest BCUT2D eigenvalue weighted by molar-refractivity contribution is -0.137. The molecule has 1 aromatic carbocycles. The third kappa shape index (κ3) is 5.60. The highest BCUT2D eigenvalue weighted by atomic mass is 19.4. The smallest absolute Gasteiger partial charge is 0.416 e. The molecule has 0 bridgehead atoms. The molecular weight excluding hydrogens is 347 g/mol. The zero-order valence-electron chi connectivity index (χ0n) is 15.3. The predicted molar refractivity (Wildman–Crippen MR) is 92.6 cm³/mol. The molecule has 3 N–H and O–H groups in total. The van der Waals surface area contributed by atoms with Crippen LogP contribution in [0.4, 0.5) is 18.0 Å². The third-order valence-corrected chi connectivity index (χ3v) is 4.23. The Labute approximate surface area is 151 Å². The van der Waals surface area contributed by atoms with Crippen molar-refractivity contribution in [2.45, 2.75) is 51.1 Å². The van der Waals surface area contributed by atoms with Gasteiger partial charge in [0.2, 0.25) is 0 Å². The largest absolute Gasteiger partial charge is 0.444 e. The quantitative estimate of drug-likeness (QED) is 0.850. The Bertz CT molecular complexity index is 612. The van der Waals surface area contributed by atoms with E-state index in [2.05, 4.69) is 10.2 Å². The molecule has 0 radical (unpaired) electrons. The van der Waals surface area contributed by atoms with Gasteiger partial charge in [-0.2, -0.15) is 13.2 Å². The minimum atomic E-state index is -4.35. The minimum Gasteiger partial charge on any atom is -0.444 e. The van der Waals surface area contributed by atoms with Gasteiger partial charge in [0.1, 0.15) is 5.60 Å². The van der Waals surface area contributed by atoms with Crippen LogP contribution in [0.15, 0.2) is 24.3 Å². The molecule has 0 unspecified atom stereocenters. The van der Waals surface area contributed by atoms with Gasteiger partial charge in [0.25, 0.3) is 0 Å². The molecule has 0 spiro atoms. The molecule has 2 rings (SSSR count). The van der Waals surface area contributed by atoms with Crippen LogP contribution in [-0.2, 0) is 10.9 Å². The van der Waals surface area contributed by atoms with E-state index in [0.29, 0.717) is 13.1 Å². The fourth-order valence-corrected chi connectivity index (χ4v) is 3.05. The second-order valence-electron chi connectivity index (χ2n) is 7.50. The number of carbonyl (C=O) groups is 1. The van der Waals surface area contributed by atoms with Crippen molar-refractivity contribution in [3.8, 4) is 0 Å². The van der Waals surface area contributed by atoms with Gasteiger partial charge < -0.3 is 15.8 Å². The Morgan fingerprint density at radius 2 is 1.92 bits per heavy atom. The number of hydrogen-bond acceptors (Lipinski definition) is 4. The predicted octanol–water partition coefficient (Wildman–Crippen LogP) is 3.30. The summed E-state index contributed by atoms with van der Waals surface area (Å²) in [5.41, 5.74) is 5.35. The average Bonchev–Trinajstić information content (AvgIpc) is 2.93. The Balaban J connectivity index is 1.98. The van der Waals surface area contributed by atoms with Crippen LogP contribution in [0, 0.1) is 0 Å². The van der Waals surface area contributed by atoms with Crippen molar-refractivity contribution in [3.63, 3.8) is 0 Å². The number of carbonyl (C=O) groups excluding carboxylic acids is 1. The van der Waals surface area contributed by atoms with Crippen LogP contribution >= 0.6 is 0 Å². The molecule has 1 aliphatic heterocycles. The molecule has 1 heterocycles. The summed E-state index contributed by atoms with van der Waals surface area (Å²) in [6.45, 7) is 6.93. The van der Waals surface area contributed by atoms with Crippen molar-refractivity contribution in [1.29, 1.82) is 0 Å². The van der Waals surface area contributed by atoms with Gasteiger partial charge in [-0.25, -0.2) is 4.79 Å². The van der Waals surface area contributed by atoms with E-state index in [4.69, 9.17) is 10.5 Å². The summed E-state index contributed by atoms with van der Waals surface area (Å²) < 4.78 is 43.4. The van der Waals surface area contributed by atoms with Crippen molar-refractivity contribution in [2.24, 2.45) is 5.73 Å². The third-order valence-electron chi connectivity index (χ3n) is 4.23. The summed E-state index contributed by atoms with van der Waals surface area (Å²) in [4.78, 5) is 14.0. The van der Waals surface area contributed by atoms with Gasteiger partial charge in [0, 0.05) is 31.7 Å². The summed E-state index contributed by atoms with van der Waals surface area (Å²) in [6, 6.07) is 4.81. The molecule has 1 fully saturated rings. The number of nitrogens with zero attached hydrogens (tertiary/aromatic N) is 1. The topological polar surface area (TPSA) is 67.6 Å². The molecule has 2 atom stereocenters. The summed E-state index contributed by atoms with van der Waals surface area (Å²) in [5, 5.41) is 2.83. The zero-order valence-corrected chi connectivity index (χ0v) is 15.3. The highest BCUT2D eigenvalue weighted by Gasteiger charge is 2.32. The molecule has 8 heteroatoms. The lowest BCUT2D eigenvalue weighted by atomic mass is 10.0. The molecule has 1 aromatic rings. The summed E-state index contributed by atoms with van der Waals surface area (Å²) >= 11 is 0. The van der Waals surface area contributed by atoms with Crippen LogP contribution in [0.25, 0.3) is 0 Å². The molecule has 26 heavy (non-hydrogen) atoms. The van der Waals surface area contributed by atoms with Crippen molar-refractivity contribution >= 4 is 6.09 Å². The number of hydrogen-bond donors (Lipinski definition) is 2. The van der Waals surface area contributed by atoms with Crippen molar-refractivity contribution in [2.75, 3.05) is 19.6 Å². The van der Waals surface area contributed by atoms with Crippen LogP contribution in [0.5, 0.6) is 0 Å². The van der Waals surface area contributed by atoms with Crippen LogP contribution in [0.1, 0.15) is 44.4 Å². The second-order valence-corrected chi connectivity index (χ2v) is 7.50. The van der Waals surface area contributed by atoms with E-state index >= 15 is 0 Å².